The van der Waals surface area contributed by atoms with Crippen LogP contribution in [0.3, 0.4) is 0 Å². The number of anilines is 1. The summed E-state index contributed by atoms with van der Waals surface area (Å²) < 4.78 is 5.17. The molecule has 0 amide bonds. The topological polar surface area (TPSA) is 48.1 Å². The molecule has 0 fully saturated rings. The molecule has 0 bridgehead atoms. The predicted molar refractivity (Wildman–Crippen MR) is 76.2 cm³/mol. The lowest BCUT2D eigenvalue weighted by molar-refractivity contribution is 0.413. The van der Waals surface area contributed by atoms with E-state index in [1.165, 1.54) is 0 Å². The standard InChI is InChI=1S/C13H13ClN2OS/c1-17-9-3-2-4-10(7-9)18-8-12-11(14)5-6-13(15)16-12/h2-7H,8H2,1H3,(H2,15,16). The van der Waals surface area contributed by atoms with E-state index in [9.17, 15) is 0 Å². The third kappa shape index (κ3) is 3.31. The molecule has 0 aliphatic rings. The van der Waals surface area contributed by atoms with Crippen molar-refractivity contribution in [1.29, 1.82) is 0 Å². The number of ether oxygens (including phenoxy) is 1. The number of aromatic nitrogens is 1. The Bertz CT molecular complexity index is 548. The highest BCUT2D eigenvalue weighted by atomic mass is 35.5. The summed E-state index contributed by atoms with van der Waals surface area (Å²) in [6.45, 7) is 0. The lowest BCUT2D eigenvalue weighted by atomic mass is 10.3. The van der Waals surface area contributed by atoms with E-state index in [4.69, 9.17) is 22.1 Å². The molecule has 0 radical (unpaired) electrons. The molecule has 0 aliphatic carbocycles. The quantitative estimate of drug-likeness (QED) is 0.869. The predicted octanol–water partition coefficient (Wildman–Crippen LogP) is 3.62. The third-order valence-electron chi connectivity index (χ3n) is 2.36. The summed E-state index contributed by atoms with van der Waals surface area (Å²) in [4.78, 5) is 5.33. The van der Waals surface area contributed by atoms with Gasteiger partial charge in [-0.3, -0.25) is 0 Å². The van der Waals surface area contributed by atoms with E-state index >= 15 is 0 Å². The molecule has 2 N–H and O–H groups in total. The fourth-order valence-corrected chi connectivity index (χ4v) is 2.59. The van der Waals surface area contributed by atoms with Crippen molar-refractivity contribution >= 4 is 29.2 Å². The number of hydrogen-bond donors (Lipinski definition) is 1. The first kappa shape index (κ1) is 13.1. The zero-order valence-electron chi connectivity index (χ0n) is 9.89. The molecular weight excluding hydrogens is 268 g/mol. The molecule has 0 saturated heterocycles. The molecule has 0 saturated carbocycles. The van der Waals surface area contributed by atoms with Crippen LogP contribution in [-0.4, -0.2) is 12.1 Å². The molecule has 0 atom stereocenters. The Labute approximate surface area is 115 Å². The normalized spacial score (nSPS) is 10.3. The summed E-state index contributed by atoms with van der Waals surface area (Å²) in [7, 11) is 1.65. The van der Waals surface area contributed by atoms with E-state index in [-0.39, 0.29) is 0 Å². The molecule has 5 heteroatoms. The van der Waals surface area contributed by atoms with Crippen molar-refractivity contribution in [3.8, 4) is 5.75 Å². The minimum absolute atomic E-state index is 0.487. The van der Waals surface area contributed by atoms with Crippen molar-refractivity contribution in [3.63, 3.8) is 0 Å². The van der Waals surface area contributed by atoms with E-state index < -0.39 is 0 Å². The average Bonchev–Trinajstić information content (AvgIpc) is 2.40. The highest BCUT2D eigenvalue weighted by Crippen LogP contribution is 2.28. The number of nitrogens with two attached hydrogens (primary N) is 1. The summed E-state index contributed by atoms with van der Waals surface area (Å²) in [5.74, 6) is 2.00. The van der Waals surface area contributed by atoms with Gasteiger partial charge in [0.25, 0.3) is 0 Å². The molecule has 18 heavy (non-hydrogen) atoms. The molecule has 2 rings (SSSR count). The Balaban J connectivity index is 2.08. The van der Waals surface area contributed by atoms with Gasteiger partial charge in [-0.05, 0) is 30.3 Å². The lowest BCUT2D eigenvalue weighted by Gasteiger charge is -2.06. The summed E-state index contributed by atoms with van der Waals surface area (Å²) in [6.07, 6.45) is 0. The molecule has 1 aromatic carbocycles. The average molecular weight is 281 g/mol. The molecule has 0 spiro atoms. The molecular formula is C13H13ClN2OS. The summed E-state index contributed by atoms with van der Waals surface area (Å²) in [5.41, 5.74) is 6.44. The van der Waals surface area contributed by atoms with Crippen molar-refractivity contribution < 1.29 is 4.74 Å². The lowest BCUT2D eigenvalue weighted by Crippen LogP contribution is -1.95. The van der Waals surface area contributed by atoms with Crippen LogP contribution in [0.25, 0.3) is 0 Å². The second-order valence-electron chi connectivity index (χ2n) is 3.63. The second-order valence-corrected chi connectivity index (χ2v) is 5.09. The summed E-state index contributed by atoms with van der Waals surface area (Å²) in [6, 6.07) is 11.3. The van der Waals surface area contributed by atoms with Crippen LogP contribution < -0.4 is 10.5 Å². The van der Waals surface area contributed by atoms with Crippen LogP contribution in [0.4, 0.5) is 5.82 Å². The smallest absolute Gasteiger partial charge is 0.123 e. The van der Waals surface area contributed by atoms with Crippen molar-refractivity contribution in [2.24, 2.45) is 0 Å². The Kier molecular flexibility index (Phi) is 4.33. The van der Waals surface area contributed by atoms with Crippen molar-refractivity contribution in [2.45, 2.75) is 10.6 Å². The first-order valence-corrected chi connectivity index (χ1v) is 6.73. The number of rotatable bonds is 4. The first-order chi connectivity index (χ1) is 8.69. The fourth-order valence-electron chi connectivity index (χ4n) is 1.45. The van der Waals surface area contributed by atoms with Crippen LogP contribution in [-0.2, 0) is 5.75 Å². The van der Waals surface area contributed by atoms with Gasteiger partial charge in [0.05, 0.1) is 17.8 Å². The Morgan fingerprint density at radius 1 is 1.33 bits per heavy atom. The number of benzene rings is 1. The molecule has 1 heterocycles. The number of pyridine rings is 1. The fraction of sp³-hybridized carbons (Fsp3) is 0.154. The zero-order valence-corrected chi connectivity index (χ0v) is 11.5. The maximum absolute atomic E-state index is 6.06. The Morgan fingerprint density at radius 2 is 2.17 bits per heavy atom. The van der Waals surface area contributed by atoms with Crippen molar-refractivity contribution in [2.75, 3.05) is 12.8 Å². The van der Waals surface area contributed by atoms with Gasteiger partial charge in [-0.1, -0.05) is 17.7 Å². The Hall–Kier alpha value is -1.39. The second kappa shape index (κ2) is 5.98. The molecule has 2 aromatic rings. The van der Waals surface area contributed by atoms with Crippen molar-refractivity contribution in [1.82, 2.24) is 4.98 Å². The van der Waals surface area contributed by atoms with Gasteiger partial charge < -0.3 is 10.5 Å². The first-order valence-electron chi connectivity index (χ1n) is 5.37. The Morgan fingerprint density at radius 3 is 2.94 bits per heavy atom. The molecule has 3 nitrogen and oxygen atoms in total. The minimum Gasteiger partial charge on any atom is -0.497 e. The van der Waals surface area contributed by atoms with Crippen LogP contribution >= 0.6 is 23.4 Å². The largest absolute Gasteiger partial charge is 0.497 e. The van der Waals surface area contributed by atoms with Gasteiger partial charge in [0, 0.05) is 10.6 Å². The van der Waals surface area contributed by atoms with Gasteiger partial charge in [-0.2, -0.15) is 0 Å². The van der Waals surface area contributed by atoms with Gasteiger partial charge >= 0.3 is 0 Å². The monoisotopic (exact) mass is 280 g/mol. The van der Waals surface area contributed by atoms with Crippen LogP contribution in [0, 0.1) is 0 Å². The number of thioether (sulfide) groups is 1. The highest BCUT2D eigenvalue weighted by Gasteiger charge is 2.04. The van der Waals surface area contributed by atoms with Gasteiger partial charge in [0.15, 0.2) is 0 Å². The van der Waals surface area contributed by atoms with Crippen molar-refractivity contribution in [3.05, 3.63) is 47.1 Å². The summed E-state index contributed by atoms with van der Waals surface area (Å²) >= 11 is 7.71. The van der Waals surface area contributed by atoms with E-state index in [1.807, 2.05) is 24.3 Å². The van der Waals surface area contributed by atoms with Crippen LogP contribution in [0.15, 0.2) is 41.3 Å². The van der Waals surface area contributed by atoms with Crippen LogP contribution in [0.1, 0.15) is 5.69 Å². The molecule has 0 aliphatic heterocycles. The van der Waals surface area contributed by atoms with Crippen LogP contribution in [0.2, 0.25) is 5.02 Å². The van der Waals surface area contributed by atoms with Gasteiger partial charge in [-0.15, -0.1) is 11.8 Å². The number of nitrogens with zero attached hydrogens (tertiary/aromatic N) is 1. The number of methoxy groups -OCH3 is 1. The van der Waals surface area contributed by atoms with E-state index in [1.54, 1.807) is 31.0 Å². The van der Waals surface area contributed by atoms with Gasteiger partial charge in [-0.25, -0.2) is 4.98 Å². The minimum atomic E-state index is 0.487. The highest BCUT2D eigenvalue weighted by molar-refractivity contribution is 7.98. The molecule has 0 unspecified atom stereocenters. The van der Waals surface area contributed by atoms with Crippen LogP contribution in [0.5, 0.6) is 5.75 Å². The summed E-state index contributed by atoms with van der Waals surface area (Å²) in [5, 5.41) is 0.639. The van der Waals surface area contributed by atoms with Gasteiger partial charge in [0.2, 0.25) is 0 Å². The third-order valence-corrected chi connectivity index (χ3v) is 3.71. The van der Waals surface area contributed by atoms with E-state index in [0.29, 0.717) is 16.6 Å². The maximum atomic E-state index is 6.06. The molecule has 1 aromatic heterocycles. The van der Waals surface area contributed by atoms with E-state index in [2.05, 4.69) is 4.98 Å². The molecule has 94 valence electrons. The SMILES string of the molecule is COc1cccc(SCc2nc(N)ccc2Cl)c1. The number of hydrogen-bond acceptors (Lipinski definition) is 4. The van der Waals surface area contributed by atoms with E-state index in [0.717, 1.165) is 16.3 Å². The maximum Gasteiger partial charge on any atom is 0.123 e. The zero-order chi connectivity index (χ0) is 13.0. The number of halogens is 1. The van der Waals surface area contributed by atoms with Gasteiger partial charge in [0.1, 0.15) is 11.6 Å². The number of nitrogen functional groups attached to an aromatic ring is 1.